The van der Waals surface area contributed by atoms with Crippen LogP contribution in [0.5, 0.6) is 0 Å². The van der Waals surface area contributed by atoms with Crippen molar-refractivity contribution in [1.82, 2.24) is 4.90 Å². The molecule has 0 N–H and O–H groups in total. The summed E-state index contributed by atoms with van der Waals surface area (Å²) in [7, 11) is 0. The molecule has 1 unspecified atom stereocenters. The largest absolute Gasteiger partial charge is 0.289 e. The highest BCUT2D eigenvalue weighted by atomic mass is 15.2. The van der Waals surface area contributed by atoms with Crippen LogP contribution < -0.4 is 0 Å². The Kier molecular flexibility index (Phi) is 4.32. The van der Waals surface area contributed by atoms with Gasteiger partial charge in [0, 0.05) is 6.04 Å². The molecule has 0 spiro atoms. The number of terminal acetylenes is 1. The van der Waals surface area contributed by atoms with Crippen molar-refractivity contribution >= 4 is 0 Å². The van der Waals surface area contributed by atoms with Gasteiger partial charge in [-0.15, -0.1) is 6.42 Å². The molecule has 1 heterocycles. The van der Waals surface area contributed by atoms with Gasteiger partial charge in [-0.05, 0) is 31.7 Å². The molecule has 0 radical (unpaired) electrons. The molecule has 13 heavy (non-hydrogen) atoms. The smallest absolute Gasteiger partial charge is 0.0601 e. The Balaban J connectivity index is 2.42. The lowest BCUT2D eigenvalue weighted by molar-refractivity contribution is 0.147. The fourth-order valence-electron chi connectivity index (χ4n) is 2.20. The van der Waals surface area contributed by atoms with E-state index in [-0.39, 0.29) is 0 Å². The van der Waals surface area contributed by atoms with Crippen molar-refractivity contribution in [3.05, 3.63) is 0 Å². The van der Waals surface area contributed by atoms with Crippen LogP contribution in [0.3, 0.4) is 0 Å². The molecule has 74 valence electrons. The molecule has 1 fully saturated rings. The summed E-state index contributed by atoms with van der Waals surface area (Å²) in [4.78, 5) is 2.48. The van der Waals surface area contributed by atoms with E-state index in [9.17, 15) is 0 Å². The van der Waals surface area contributed by atoms with E-state index in [1.807, 2.05) is 0 Å². The summed E-state index contributed by atoms with van der Waals surface area (Å²) in [6, 6.07) is 0.754. The molecule has 0 saturated carbocycles. The van der Waals surface area contributed by atoms with E-state index in [2.05, 4.69) is 24.7 Å². The van der Waals surface area contributed by atoms with Crippen molar-refractivity contribution in [2.45, 2.75) is 45.6 Å². The zero-order valence-corrected chi connectivity index (χ0v) is 8.92. The lowest BCUT2D eigenvalue weighted by Gasteiger charge is -2.35. The molecule has 0 bridgehead atoms. The van der Waals surface area contributed by atoms with E-state index in [1.165, 1.54) is 32.2 Å². The van der Waals surface area contributed by atoms with Crippen molar-refractivity contribution in [2.75, 3.05) is 13.1 Å². The molecule has 0 aromatic heterocycles. The molecule has 1 aliphatic rings. The predicted octanol–water partition coefficient (Wildman–Crippen LogP) is 2.52. The van der Waals surface area contributed by atoms with Crippen molar-refractivity contribution in [3.63, 3.8) is 0 Å². The Labute approximate surface area is 82.5 Å². The minimum Gasteiger partial charge on any atom is -0.289 e. The number of likely N-dealkylation sites (tertiary alicyclic amines) is 1. The summed E-state index contributed by atoms with van der Waals surface area (Å²) in [5.41, 5.74) is 0. The third kappa shape index (κ3) is 3.40. The highest BCUT2D eigenvalue weighted by molar-refractivity contribution is 4.91. The summed E-state index contributed by atoms with van der Waals surface area (Å²) in [5.74, 6) is 3.56. The summed E-state index contributed by atoms with van der Waals surface area (Å²) in [6.07, 6.45) is 10.7. The Bertz CT molecular complexity index is 178. The van der Waals surface area contributed by atoms with Crippen LogP contribution in [0.15, 0.2) is 0 Å². The summed E-state index contributed by atoms with van der Waals surface area (Å²) >= 11 is 0. The standard InChI is InChI=1S/C12H21N/c1-4-8-13-9-6-5-7-12(13)10-11(2)3/h1,11-12H,5-10H2,2-3H3. The molecule has 0 aromatic carbocycles. The first kappa shape index (κ1) is 10.6. The number of piperidine rings is 1. The third-order valence-electron chi connectivity index (χ3n) is 2.79. The lowest BCUT2D eigenvalue weighted by Crippen LogP contribution is -2.40. The molecule has 0 amide bonds. The van der Waals surface area contributed by atoms with Gasteiger partial charge in [-0.3, -0.25) is 4.90 Å². The first-order valence-electron chi connectivity index (χ1n) is 5.41. The molecule has 1 aliphatic heterocycles. The van der Waals surface area contributed by atoms with Crippen LogP contribution in [0.25, 0.3) is 0 Å². The van der Waals surface area contributed by atoms with Gasteiger partial charge in [0.2, 0.25) is 0 Å². The Hall–Kier alpha value is -0.480. The Morgan fingerprint density at radius 1 is 1.46 bits per heavy atom. The van der Waals surface area contributed by atoms with Gasteiger partial charge in [-0.2, -0.15) is 0 Å². The van der Waals surface area contributed by atoms with Gasteiger partial charge in [-0.1, -0.05) is 26.2 Å². The number of rotatable bonds is 3. The third-order valence-corrected chi connectivity index (χ3v) is 2.79. The molecular weight excluding hydrogens is 158 g/mol. The molecular formula is C12H21N. The van der Waals surface area contributed by atoms with Gasteiger partial charge in [0.05, 0.1) is 6.54 Å². The van der Waals surface area contributed by atoms with Gasteiger partial charge in [0.1, 0.15) is 0 Å². The Morgan fingerprint density at radius 2 is 2.23 bits per heavy atom. The van der Waals surface area contributed by atoms with E-state index >= 15 is 0 Å². The van der Waals surface area contributed by atoms with Gasteiger partial charge < -0.3 is 0 Å². The minimum absolute atomic E-state index is 0.754. The maximum atomic E-state index is 5.36. The lowest BCUT2D eigenvalue weighted by atomic mass is 9.94. The second kappa shape index (κ2) is 5.29. The normalized spacial score (nSPS) is 24.6. The molecule has 0 aromatic rings. The highest BCUT2D eigenvalue weighted by Crippen LogP contribution is 2.21. The van der Waals surface area contributed by atoms with Crippen LogP contribution in [-0.4, -0.2) is 24.0 Å². The second-order valence-electron chi connectivity index (χ2n) is 4.45. The maximum absolute atomic E-state index is 5.36. The fourth-order valence-corrected chi connectivity index (χ4v) is 2.20. The van der Waals surface area contributed by atoms with E-state index in [0.717, 1.165) is 18.5 Å². The van der Waals surface area contributed by atoms with Gasteiger partial charge in [0.15, 0.2) is 0 Å². The predicted molar refractivity (Wildman–Crippen MR) is 57.5 cm³/mol. The van der Waals surface area contributed by atoms with E-state index in [1.54, 1.807) is 0 Å². The average Bonchev–Trinajstić information content (AvgIpc) is 2.08. The number of hydrogen-bond acceptors (Lipinski definition) is 1. The fraction of sp³-hybridized carbons (Fsp3) is 0.833. The number of hydrogen-bond donors (Lipinski definition) is 0. The van der Waals surface area contributed by atoms with E-state index in [4.69, 9.17) is 6.42 Å². The number of nitrogens with zero attached hydrogens (tertiary/aromatic N) is 1. The van der Waals surface area contributed by atoms with E-state index < -0.39 is 0 Å². The van der Waals surface area contributed by atoms with Crippen molar-refractivity contribution in [1.29, 1.82) is 0 Å². The molecule has 1 nitrogen and oxygen atoms in total. The monoisotopic (exact) mass is 179 g/mol. The molecule has 1 heteroatoms. The first-order chi connectivity index (χ1) is 6.24. The van der Waals surface area contributed by atoms with Crippen LogP contribution in [0.4, 0.5) is 0 Å². The SMILES string of the molecule is C#CCN1CCCCC1CC(C)C. The highest BCUT2D eigenvalue weighted by Gasteiger charge is 2.21. The van der Waals surface area contributed by atoms with Crippen LogP contribution in [0.2, 0.25) is 0 Å². The van der Waals surface area contributed by atoms with Crippen LogP contribution in [-0.2, 0) is 0 Å². The summed E-state index contributed by atoms with van der Waals surface area (Å²) in [6.45, 7) is 6.64. The van der Waals surface area contributed by atoms with Crippen molar-refractivity contribution in [3.8, 4) is 12.3 Å². The molecule has 1 atom stereocenters. The summed E-state index contributed by atoms with van der Waals surface area (Å²) < 4.78 is 0. The van der Waals surface area contributed by atoms with Gasteiger partial charge in [0.25, 0.3) is 0 Å². The van der Waals surface area contributed by atoms with Crippen LogP contribution in [0, 0.1) is 18.3 Å². The zero-order valence-electron chi connectivity index (χ0n) is 8.92. The second-order valence-corrected chi connectivity index (χ2v) is 4.45. The topological polar surface area (TPSA) is 3.24 Å². The molecule has 1 rings (SSSR count). The molecule has 0 aliphatic carbocycles. The molecule has 1 saturated heterocycles. The van der Waals surface area contributed by atoms with E-state index in [0.29, 0.717) is 0 Å². The quantitative estimate of drug-likeness (QED) is 0.602. The van der Waals surface area contributed by atoms with Gasteiger partial charge >= 0.3 is 0 Å². The first-order valence-corrected chi connectivity index (χ1v) is 5.41. The van der Waals surface area contributed by atoms with Crippen molar-refractivity contribution < 1.29 is 0 Å². The summed E-state index contributed by atoms with van der Waals surface area (Å²) in [5, 5.41) is 0. The Morgan fingerprint density at radius 3 is 2.85 bits per heavy atom. The maximum Gasteiger partial charge on any atom is 0.0601 e. The van der Waals surface area contributed by atoms with Crippen LogP contribution in [0.1, 0.15) is 39.5 Å². The minimum atomic E-state index is 0.754. The zero-order chi connectivity index (χ0) is 9.68. The van der Waals surface area contributed by atoms with Gasteiger partial charge in [-0.25, -0.2) is 0 Å². The van der Waals surface area contributed by atoms with Crippen molar-refractivity contribution in [2.24, 2.45) is 5.92 Å². The average molecular weight is 179 g/mol. The van der Waals surface area contributed by atoms with Crippen LogP contribution >= 0.6 is 0 Å².